The lowest BCUT2D eigenvalue weighted by atomic mass is 9.83. The molecule has 6 nitrogen and oxygen atoms in total. The fourth-order valence-electron chi connectivity index (χ4n) is 3.46. The lowest BCUT2D eigenvalue weighted by Crippen LogP contribution is -2.50. The van der Waals surface area contributed by atoms with Crippen LogP contribution in [0.3, 0.4) is 0 Å². The molecule has 1 saturated carbocycles. The van der Waals surface area contributed by atoms with Crippen molar-refractivity contribution < 1.29 is 13.9 Å². The maximum absolute atomic E-state index is 12.2. The molecule has 26 heavy (non-hydrogen) atoms. The van der Waals surface area contributed by atoms with E-state index in [9.17, 15) is 14.9 Å². The number of amides is 1. The molecule has 0 aliphatic heterocycles. The molecule has 3 rings (SSSR count). The fraction of sp³-hybridized carbons (Fsp3) is 0.450. The zero-order valence-electron chi connectivity index (χ0n) is 14.8. The van der Waals surface area contributed by atoms with E-state index in [0.29, 0.717) is 24.2 Å². The molecule has 1 fully saturated rings. The Morgan fingerprint density at radius 1 is 1.31 bits per heavy atom. The van der Waals surface area contributed by atoms with Crippen molar-refractivity contribution in [2.75, 3.05) is 6.61 Å². The van der Waals surface area contributed by atoms with Crippen LogP contribution in [-0.2, 0) is 11.2 Å². The zero-order valence-corrected chi connectivity index (χ0v) is 14.8. The van der Waals surface area contributed by atoms with E-state index < -0.39 is 11.2 Å². The fourth-order valence-corrected chi connectivity index (χ4v) is 3.46. The maximum Gasteiger partial charge on any atom is 0.336 e. The number of carbonyl (C=O) groups excluding carboxylic acids is 1. The van der Waals surface area contributed by atoms with Crippen LogP contribution in [-0.4, -0.2) is 18.1 Å². The summed E-state index contributed by atoms with van der Waals surface area (Å²) >= 11 is 0. The van der Waals surface area contributed by atoms with Crippen molar-refractivity contribution in [3.05, 3.63) is 40.2 Å². The molecule has 0 saturated heterocycles. The molecule has 0 unspecified atom stereocenters. The van der Waals surface area contributed by atoms with Gasteiger partial charge < -0.3 is 14.5 Å². The number of aryl methyl sites for hydroxylation is 1. The third-order valence-electron chi connectivity index (χ3n) is 4.85. The highest BCUT2D eigenvalue weighted by molar-refractivity contribution is 5.82. The minimum absolute atomic E-state index is 0.188. The van der Waals surface area contributed by atoms with Crippen LogP contribution >= 0.6 is 0 Å². The van der Waals surface area contributed by atoms with E-state index in [4.69, 9.17) is 9.15 Å². The topological polar surface area (TPSA) is 92.3 Å². The van der Waals surface area contributed by atoms with E-state index in [2.05, 4.69) is 11.4 Å². The van der Waals surface area contributed by atoms with Gasteiger partial charge in [-0.1, -0.05) is 26.2 Å². The Hall–Kier alpha value is -2.81. The molecule has 2 aromatic rings. The van der Waals surface area contributed by atoms with Gasteiger partial charge in [-0.2, -0.15) is 5.26 Å². The van der Waals surface area contributed by atoms with Crippen molar-refractivity contribution in [3.8, 4) is 11.8 Å². The van der Waals surface area contributed by atoms with Gasteiger partial charge in [0.1, 0.15) is 16.9 Å². The number of nitrogens with one attached hydrogen (secondary N) is 1. The highest BCUT2D eigenvalue weighted by Gasteiger charge is 2.33. The Bertz CT molecular complexity index is 904. The Balaban J connectivity index is 1.68. The molecular weight excluding hydrogens is 332 g/mol. The molecule has 1 aliphatic carbocycles. The summed E-state index contributed by atoms with van der Waals surface area (Å²) in [5, 5.41) is 13.1. The monoisotopic (exact) mass is 354 g/mol. The molecule has 6 heteroatoms. The number of carbonyl (C=O) groups is 1. The first-order chi connectivity index (χ1) is 12.5. The van der Waals surface area contributed by atoms with Crippen LogP contribution in [0.4, 0.5) is 0 Å². The summed E-state index contributed by atoms with van der Waals surface area (Å²) in [6.07, 6.45) is 5.06. The third kappa shape index (κ3) is 3.88. The largest absolute Gasteiger partial charge is 0.484 e. The van der Waals surface area contributed by atoms with E-state index in [-0.39, 0.29) is 12.5 Å². The van der Waals surface area contributed by atoms with Crippen LogP contribution in [0.2, 0.25) is 0 Å². The highest BCUT2D eigenvalue weighted by Crippen LogP contribution is 2.27. The van der Waals surface area contributed by atoms with Crippen molar-refractivity contribution in [1.29, 1.82) is 5.26 Å². The standard InChI is InChI=1S/C20H22N2O4/c1-2-14-10-19(24)26-17-11-15(6-7-16(14)17)25-12-18(23)22-20(13-21)8-4-3-5-9-20/h6-7,10-11H,2-5,8-9,12H2,1H3,(H,22,23). The summed E-state index contributed by atoms with van der Waals surface area (Å²) in [5.74, 6) is 0.121. The van der Waals surface area contributed by atoms with Crippen molar-refractivity contribution in [1.82, 2.24) is 5.32 Å². The lowest BCUT2D eigenvalue weighted by molar-refractivity contribution is -0.124. The van der Waals surface area contributed by atoms with Gasteiger partial charge in [-0.05, 0) is 37.0 Å². The number of nitrogens with zero attached hydrogens (tertiary/aromatic N) is 1. The number of fused-ring (bicyclic) bond motifs is 1. The number of ether oxygens (including phenoxy) is 1. The summed E-state index contributed by atoms with van der Waals surface area (Å²) in [7, 11) is 0. The molecule has 136 valence electrons. The second-order valence-electron chi connectivity index (χ2n) is 6.69. The van der Waals surface area contributed by atoms with Crippen LogP contribution in [0, 0.1) is 11.3 Å². The van der Waals surface area contributed by atoms with Crippen LogP contribution in [0.1, 0.15) is 44.6 Å². The number of benzene rings is 1. The van der Waals surface area contributed by atoms with E-state index in [1.807, 2.05) is 13.0 Å². The van der Waals surface area contributed by atoms with E-state index in [0.717, 1.165) is 36.6 Å². The molecular formula is C20H22N2O4. The van der Waals surface area contributed by atoms with Gasteiger partial charge >= 0.3 is 5.63 Å². The van der Waals surface area contributed by atoms with Crippen LogP contribution in [0.5, 0.6) is 5.75 Å². The van der Waals surface area contributed by atoms with Gasteiger partial charge in [-0.25, -0.2) is 4.79 Å². The van der Waals surface area contributed by atoms with Crippen LogP contribution < -0.4 is 15.7 Å². The number of rotatable bonds is 5. The Kier molecular flexibility index (Phi) is 5.27. The van der Waals surface area contributed by atoms with E-state index >= 15 is 0 Å². The average Bonchev–Trinajstić information content (AvgIpc) is 2.66. The molecule has 1 heterocycles. The highest BCUT2D eigenvalue weighted by atomic mass is 16.5. The zero-order chi connectivity index (χ0) is 18.6. The minimum atomic E-state index is -0.773. The van der Waals surface area contributed by atoms with Gasteiger partial charge in [-0.15, -0.1) is 0 Å². The number of hydrogen-bond acceptors (Lipinski definition) is 5. The van der Waals surface area contributed by atoms with E-state index in [1.54, 1.807) is 12.1 Å². The molecule has 0 spiro atoms. The van der Waals surface area contributed by atoms with Crippen molar-refractivity contribution in [2.24, 2.45) is 0 Å². The molecule has 1 aromatic heterocycles. The minimum Gasteiger partial charge on any atom is -0.484 e. The molecule has 1 aliphatic rings. The summed E-state index contributed by atoms with van der Waals surface area (Å²) in [6.45, 7) is 1.78. The van der Waals surface area contributed by atoms with Crippen LogP contribution in [0.15, 0.2) is 33.5 Å². The first kappa shape index (κ1) is 18.0. The summed E-state index contributed by atoms with van der Waals surface area (Å²) in [5.41, 5.74) is 0.171. The normalized spacial score (nSPS) is 16.0. The van der Waals surface area contributed by atoms with Gasteiger partial charge in [0, 0.05) is 17.5 Å². The maximum atomic E-state index is 12.2. The smallest absolute Gasteiger partial charge is 0.336 e. The predicted molar refractivity (Wildman–Crippen MR) is 96.9 cm³/mol. The predicted octanol–water partition coefficient (Wildman–Crippen LogP) is 3.08. The Labute approximate surface area is 151 Å². The first-order valence-electron chi connectivity index (χ1n) is 8.97. The number of nitriles is 1. The van der Waals surface area contributed by atoms with Gasteiger partial charge in [0.25, 0.3) is 5.91 Å². The summed E-state index contributed by atoms with van der Waals surface area (Å²) in [4.78, 5) is 23.8. The van der Waals surface area contributed by atoms with Gasteiger partial charge in [-0.3, -0.25) is 4.79 Å². The Morgan fingerprint density at radius 2 is 2.08 bits per heavy atom. The Morgan fingerprint density at radius 3 is 2.77 bits per heavy atom. The quantitative estimate of drug-likeness (QED) is 0.833. The SMILES string of the molecule is CCc1cc(=O)oc2cc(OCC(=O)NC3(C#N)CCCCC3)ccc12. The first-order valence-corrected chi connectivity index (χ1v) is 8.97. The van der Waals surface area contributed by atoms with Gasteiger partial charge in [0.2, 0.25) is 0 Å². The van der Waals surface area contributed by atoms with Crippen molar-refractivity contribution in [3.63, 3.8) is 0 Å². The van der Waals surface area contributed by atoms with Crippen molar-refractivity contribution >= 4 is 16.9 Å². The molecule has 0 radical (unpaired) electrons. The second-order valence-corrected chi connectivity index (χ2v) is 6.69. The molecule has 0 atom stereocenters. The molecule has 0 bridgehead atoms. The lowest BCUT2D eigenvalue weighted by Gasteiger charge is -2.31. The van der Waals surface area contributed by atoms with Gasteiger partial charge in [0.05, 0.1) is 6.07 Å². The average molecular weight is 354 g/mol. The molecule has 1 amide bonds. The van der Waals surface area contributed by atoms with Crippen LogP contribution in [0.25, 0.3) is 11.0 Å². The molecule has 1 aromatic carbocycles. The summed E-state index contributed by atoms with van der Waals surface area (Å²) in [6, 6.07) is 8.92. The van der Waals surface area contributed by atoms with Crippen molar-refractivity contribution in [2.45, 2.75) is 51.0 Å². The second kappa shape index (κ2) is 7.61. The molecule has 1 N–H and O–H groups in total. The summed E-state index contributed by atoms with van der Waals surface area (Å²) < 4.78 is 10.8. The van der Waals surface area contributed by atoms with E-state index in [1.165, 1.54) is 6.07 Å². The third-order valence-corrected chi connectivity index (χ3v) is 4.85. The number of hydrogen-bond donors (Lipinski definition) is 1. The van der Waals surface area contributed by atoms with Gasteiger partial charge in [0.15, 0.2) is 6.61 Å².